The van der Waals surface area contributed by atoms with Gasteiger partial charge in [0.15, 0.2) is 0 Å². The fraction of sp³-hybridized carbons (Fsp3) is 0.179. The van der Waals surface area contributed by atoms with E-state index in [1.807, 2.05) is 54.7 Å². The molecule has 0 radical (unpaired) electrons. The first kappa shape index (κ1) is 22.8. The zero-order chi connectivity index (χ0) is 21.6. The molecule has 5 heteroatoms. The van der Waals surface area contributed by atoms with Crippen molar-refractivity contribution in [1.29, 1.82) is 0 Å². The second-order valence-electron chi connectivity index (χ2n) is 8.10. The predicted octanol–water partition coefficient (Wildman–Crippen LogP) is 6.21. The van der Waals surface area contributed by atoms with Gasteiger partial charge in [-0.1, -0.05) is 72.8 Å². The van der Waals surface area contributed by atoms with Crippen molar-refractivity contribution >= 4 is 29.4 Å². The SMILES string of the molecule is C(=N\N1CCN(Cc2cccc3ccccc23)CC1)/c1cccc(Oc2ccccc2)c1.Cl. The number of nitrogens with zero attached hydrogens (tertiary/aromatic N) is 3. The number of piperazine rings is 1. The summed E-state index contributed by atoms with van der Waals surface area (Å²) in [5.41, 5.74) is 2.44. The Morgan fingerprint density at radius 2 is 1.42 bits per heavy atom. The van der Waals surface area contributed by atoms with Crippen molar-refractivity contribution < 1.29 is 4.74 Å². The molecule has 1 heterocycles. The van der Waals surface area contributed by atoms with E-state index in [-0.39, 0.29) is 12.4 Å². The Morgan fingerprint density at radius 1 is 0.727 bits per heavy atom. The summed E-state index contributed by atoms with van der Waals surface area (Å²) in [5.74, 6) is 1.66. The van der Waals surface area contributed by atoms with E-state index >= 15 is 0 Å². The monoisotopic (exact) mass is 457 g/mol. The second-order valence-corrected chi connectivity index (χ2v) is 8.10. The molecular formula is C28H28ClN3O. The fourth-order valence-corrected chi connectivity index (χ4v) is 4.11. The molecule has 1 aliphatic heterocycles. The van der Waals surface area contributed by atoms with E-state index in [0.29, 0.717) is 0 Å². The lowest BCUT2D eigenvalue weighted by molar-refractivity contribution is 0.131. The van der Waals surface area contributed by atoms with Gasteiger partial charge in [0.1, 0.15) is 11.5 Å². The third-order valence-electron chi connectivity index (χ3n) is 5.83. The lowest BCUT2D eigenvalue weighted by Gasteiger charge is -2.33. The van der Waals surface area contributed by atoms with Gasteiger partial charge in [-0.25, -0.2) is 0 Å². The Hall–Kier alpha value is -3.34. The molecule has 0 atom stereocenters. The van der Waals surface area contributed by atoms with Crippen LogP contribution in [0, 0.1) is 0 Å². The maximum absolute atomic E-state index is 5.93. The van der Waals surface area contributed by atoms with Crippen LogP contribution in [0.25, 0.3) is 10.8 Å². The number of halogens is 1. The Kier molecular flexibility index (Phi) is 7.61. The molecule has 0 aliphatic carbocycles. The van der Waals surface area contributed by atoms with Gasteiger partial charge in [-0.15, -0.1) is 12.4 Å². The topological polar surface area (TPSA) is 28.1 Å². The molecule has 4 aromatic rings. The summed E-state index contributed by atoms with van der Waals surface area (Å²) in [4.78, 5) is 2.52. The highest BCUT2D eigenvalue weighted by molar-refractivity contribution is 5.86. The molecular weight excluding hydrogens is 430 g/mol. The number of para-hydroxylation sites is 1. The molecule has 0 amide bonds. The number of fused-ring (bicyclic) bond motifs is 1. The minimum atomic E-state index is 0. The largest absolute Gasteiger partial charge is 0.457 e. The van der Waals surface area contributed by atoms with Crippen LogP contribution in [-0.2, 0) is 6.54 Å². The smallest absolute Gasteiger partial charge is 0.128 e. The molecule has 168 valence electrons. The lowest BCUT2D eigenvalue weighted by Crippen LogP contribution is -2.43. The predicted molar refractivity (Wildman–Crippen MR) is 139 cm³/mol. The second kappa shape index (κ2) is 11.0. The van der Waals surface area contributed by atoms with Gasteiger partial charge in [-0.3, -0.25) is 9.91 Å². The molecule has 0 aromatic heterocycles. The highest BCUT2D eigenvalue weighted by Crippen LogP contribution is 2.22. The number of hydrazone groups is 1. The van der Waals surface area contributed by atoms with Crippen molar-refractivity contribution in [2.45, 2.75) is 6.54 Å². The quantitative estimate of drug-likeness (QED) is 0.322. The molecule has 0 N–H and O–H groups in total. The summed E-state index contributed by atoms with van der Waals surface area (Å²) in [7, 11) is 0. The van der Waals surface area contributed by atoms with Crippen LogP contribution in [-0.4, -0.2) is 42.3 Å². The van der Waals surface area contributed by atoms with Crippen molar-refractivity contribution in [2.24, 2.45) is 5.10 Å². The van der Waals surface area contributed by atoms with Crippen LogP contribution >= 0.6 is 12.4 Å². The maximum atomic E-state index is 5.93. The number of benzene rings is 4. The summed E-state index contributed by atoms with van der Waals surface area (Å²) in [6.45, 7) is 4.87. The molecule has 0 saturated carbocycles. The maximum Gasteiger partial charge on any atom is 0.128 e. The molecule has 0 spiro atoms. The van der Waals surface area contributed by atoms with Gasteiger partial charge in [-0.05, 0) is 46.2 Å². The van der Waals surface area contributed by atoms with Crippen LogP contribution in [0.4, 0.5) is 0 Å². The van der Waals surface area contributed by atoms with E-state index < -0.39 is 0 Å². The average Bonchev–Trinajstić information content (AvgIpc) is 2.85. The van der Waals surface area contributed by atoms with Crippen molar-refractivity contribution in [3.8, 4) is 11.5 Å². The molecule has 1 saturated heterocycles. The van der Waals surface area contributed by atoms with Crippen LogP contribution in [0.2, 0.25) is 0 Å². The van der Waals surface area contributed by atoms with Gasteiger partial charge in [0, 0.05) is 32.7 Å². The van der Waals surface area contributed by atoms with Crippen LogP contribution < -0.4 is 4.74 Å². The average molecular weight is 458 g/mol. The molecule has 4 nitrogen and oxygen atoms in total. The van der Waals surface area contributed by atoms with Crippen molar-refractivity contribution in [1.82, 2.24) is 9.91 Å². The number of hydrogen-bond donors (Lipinski definition) is 0. The number of hydrogen-bond acceptors (Lipinski definition) is 4. The first-order chi connectivity index (χ1) is 15.8. The highest BCUT2D eigenvalue weighted by atomic mass is 35.5. The van der Waals surface area contributed by atoms with Gasteiger partial charge >= 0.3 is 0 Å². The van der Waals surface area contributed by atoms with Gasteiger partial charge in [0.25, 0.3) is 0 Å². The Bertz CT molecular complexity index is 1200. The third kappa shape index (κ3) is 5.92. The summed E-state index contributed by atoms with van der Waals surface area (Å²) in [5, 5.41) is 9.54. The molecule has 0 bridgehead atoms. The molecule has 33 heavy (non-hydrogen) atoms. The minimum absolute atomic E-state index is 0. The summed E-state index contributed by atoms with van der Waals surface area (Å²) in [6, 6.07) is 33.1. The molecule has 1 fully saturated rings. The van der Waals surface area contributed by atoms with Crippen LogP contribution in [0.5, 0.6) is 11.5 Å². The number of rotatable bonds is 6. The zero-order valence-electron chi connectivity index (χ0n) is 18.5. The van der Waals surface area contributed by atoms with Gasteiger partial charge in [0.05, 0.1) is 6.21 Å². The summed E-state index contributed by atoms with van der Waals surface area (Å²) >= 11 is 0. The summed E-state index contributed by atoms with van der Waals surface area (Å²) < 4.78 is 5.93. The molecule has 0 unspecified atom stereocenters. The highest BCUT2D eigenvalue weighted by Gasteiger charge is 2.16. The lowest BCUT2D eigenvalue weighted by atomic mass is 10.0. The first-order valence-electron chi connectivity index (χ1n) is 11.1. The Labute approximate surface area is 201 Å². The Balaban J connectivity index is 0.00000259. The van der Waals surface area contributed by atoms with Crippen molar-refractivity contribution in [3.05, 3.63) is 108 Å². The number of ether oxygens (including phenoxy) is 1. The van der Waals surface area contributed by atoms with E-state index in [1.54, 1.807) is 0 Å². The minimum Gasteiger partial charge on any atom is -0.457 e. The molecule has 1 aliphatic rings. The van der Waals surface area contributed by atoms with E-state index in [4.69, 9.17) is 9.84 Å². The summed E-state index contributed by atoms with van der Waals surface area (Å²) in [6.07, 6.45) is 1.93. The van der Waals surface area contributed by atoms with Crippen LogP contribution in [0.15, 0.2) is 102 Å². The van der Waals surface area contributed by atoms with Gasteiger partial charge in [-0.2, -0.15) is 5.10 Å². The van der Waals surface area contributed by atoms with Gasteiger partial charge < -0.3 is 4.74 Å². The standard InChI is InChI=1S/C28H27N3O.ClH/c1-2-12-26(13-3-1)32-27-14-6-8-23(20-27)21-29-31-18-16-30(17-19-31)22-25-11-7-10-24-9-4-5-15-28(24)25;/h1-15,20-21H,16-19,22H2;1H/b29-21+;. The van der Waals surface area contributed by atoms with E-state index in [2.05, 4.69) is 58.4 Å². The van der Waals surface area contributed by atoms with Crippen molar-refractivity contribution in [2.75, 3.05) is 26.2 Å². The van der Waals surface area contributed by atoms with Crippen molar-refractivity contribution in [3.63, 3.8) is 0 Å². The fourth-order valence-electron chi connectivity index (χ4n) is 4.11. The van der Waals surface area contributed by atoms with Crippen LogP contribution in [0.1, 0.15) is 11.1 Å². The first-order valence-corrected chi connectivity index (χ1v) is 11.1. The van der Waals surface area contributed by atoms with Crippen LogP contribution in [0.3, 0.4) is 0 Å². The molecule has 4 aromatic carbocycles. The third-order valence-corrected chi connectivity index (χ3v) is 5.83. The normalized spacial score (nSPS) is 14.4. The van der Waals surface area contributed by atoms with Gasteiger partial charge in [0.2, 0.25) is 0 Å². The van der Waals surface area contributed by atoms with E-state index in [9.17, 15) is 0 Å². The van der Waals surface area contributed by atoms with E-state index in [0.717, 1.165) is 49.8 Å². The Morgan fingerprint density at radius 3 is 2.27 bits per heavy atom. The zero-order valence-corrected chi connectivity index (χ0v) is 19.3. The molecule has 5 rings (SSSR count). The van der Waals surface area contributed by atoms with E-state index in [1.165, 1.54) is 16.3 Å².